The third kappa shape index (κ3) is 7.81. The largest absolute Gasteiger partial charge is 0.459 e. The van der Waals surface area contributed by atoms with Crippen LogP contribution in [-0.2, 0) is 19.1 Å². The van der Waals surface area contributed by atoms with Gasteiger partial charge in [0.05, 0.1) is 6.54 Å². The van der Waals surface area contributed by atoms with Gasteiger partial charge in [0.25, 0.3) is 0 Å². The van der Waals surface area contributed by atoms with Gasteiger partial charge in [0, 0.05) is 12.0 Å². The molecule has 6 heteroatoms. The van der Waals surface area contributed by atoms with Gasteiger partial charge in [-0.2, -0.15) is 0 Å². The van der Waals surface area contributed by atoms with Crippen molar-refractivity contribution >= 4 is 11.9 Å². The summed E-state index contributed by atoms with van der Waals surface area (Å²) in [6, 6.07) is -0.367. The third-order valence-corrected chi connectivity index (χ3v) is 2.30. The summed E-state index contributed by atoms with van der Waals surface area (Å²) in [5.41, 5.74) is 7.79. The van der Waals surface area contributed by atoms with E-state index < -0.39 is 5.97 Å². The van der Waals surface area contributed by atoms with Gasteiger partial charge < -0.3 is 20.9 Å². The average molecular weight is 260 g/mol. The molecule has 0 aromatic rings. The van der Waals surface area contributed by atoms with E-state index in [0.29, 0.717) is 12.0 Å². The number of ether oxygens (including phenoxy) is 2. The molecule has 0 spiro atoms. The minimum Gasteiger partial charge on any atom is -0.459 e. The maximum Gasteiger partial charge on any atom is 0.364 e. The molecule has 0 aliphatic rings. The summed E-state index contributed by atoms with van der Waals surface area (Å²) in [4.78, 5) is 22.5. The summed E-state index contributed by atoms with van der Waals surface area (Å²) in [5.74, 6) is -0.835. The van der Waals surface area contributed by atoms with Gasteiger partial charge in [0.15, 0.2) is 6.04 Å². The molecule has 0 bridgehead atoms. The van der Waals surface area contributed by atoms with Crippen molar-refractivity contribution in [3.63, 3.8) is 0 Å². The molecule has 0 aromatic carbocycles. The molecule has 0 aliphatic heterocycles. The summed E-state index contributed by atoms with van der Waals surface area (Å²) < 4.78 is 9.73. The van der Waals surface area contributed by atoms with Crippen LogP contribution in [0.3, 0.4) is 0 Å². The van der Waals surface area contributed by atoms with Crippen molar-refractivity contribution in [2.75, 3.05) is 19.8 Å². The van der Waals surface area contributed by atoms with Crippen LogP contribution >= 0.6 is 0 Å². The van der Waals surface area contributed by atoms with Crippen molar-refractivity contribution < 1.29 is 30.5 Å². The van der Waals surface area contributed by atoms with E-state index in [9.17, 15) is 9.59 Å². The maximum atomic E-state index is 11.5. The first-order valence-electron chi connectivity index (χ1n) is 6.10. The van der Waals surface area contributed by atoms with Crippen LogP contribution in [0.5, 0.6) is 0 Å². The molecule has 1 atom stereocenters. The highest BCUT2D eigenvalue weighted by atomic mass is 16.6. The maximum absolute atomic E-state index is 11.5. The zero-order chi connectivity index (χ0) is 14.0. The first-order chi connectivity index (χ1) is 8.49. The average Bonchev–Trinajstić information content (AvgIpc) is 2.33. The quantitative estimate of drug-likeness (QED) is 0.304. The van der Waals surface area contributed by atoms with Crippen LogP contribution in [-0.4, -0.2) is 37.7 Å². The predicted octanol–water partition coefficient (Wildman–Crippen LogP) is -1.33. The number of esters is 2. The molecule has 1 unspecified atom stereocenters. The molecule has 0 amide bonds. The van der Waals surface area contributed by atoms with E-state index in [-0.39, 0.29) is 25.2 Å². The van der Waals surface area contributed by atoms with Crippen molar-refractivity contribution in [3.05, 3.63) is 12.2 Å². The zero-order valence-corrected chi connectivity index (χ0v) is 11.1. The van der Waals surface area contributed by atoms with Crippen LogP contribution in [0.1, 0.15) is 26.2 Å². The highest BCUT2D eigenvalue weighted by Crippen LogP contribution is 1.98. The zero-order valence-electron chi connectivity index (χ0n) is 11.1. The summed E-state index contributed by atoms with van der Waals surface area (Å²) in [7, 11) is 0. The monoisotopic (exact) mass is 260 g/mol. The Balaban J connectivity index is 3.63. The van der Waals surface area contributed by atoms with Crippen LogP contribution < -0.4 is 11.5 Å². The number of quaternary nitrogens is 2. The van der Waals surface area contributed by atoms with Crippen LogP contribution in [0.4, 0.5) is 0 Å². The van der Waals surface area contributed by atoms with Gasteiger partial charge in [-0.1, -0.05) is 6.58 Å². The fraction of sp³-hybridized carbons (Fsp3) is 0.667. The highest BCUT2D eigenvalue weighted by molar-refractivity contribution is 5.86. The molecule has 0 radical (unpaired) electrons. The van der Waals surface area contributed by atoms with E-state index >= 15 is 0 Å². The number of carbonyl (C=O) groups is 2. The van der Waals surface area contributed by atoms with Gasteiger partial charge in [-0.05, 0) is 19.8 Å². The van der Waals surface area contributed by atoms with Crippen molar-refractivity contribution in [2.45, 2.75) is 32.2 Å². The molecule has 6 N–H and O–H groups in total. The summed E-state index contributed by atoms with van der Waals surface area (Å²) in [6.07, 6.45) is 2.59. The van der Waals surface area contributed by atoms with Crippen molar-refractivity contribution in [1.82, 2.24) is 0 Å². The first kappa shape index (κ1) is 16.6. The molecule has 104 valence electrons. The van der Waals surface area contributed by atoms with E-state index in [0.717, 1.165) is 19.4 Å². The summed E-state index contributed by atoms with van der Waals surface area (Å²) >= 11 is 0. The van der Waals surface area contributed by atoms with E-state index in [1.165, 1.54) is 0 Å². The molecule has 0 saturated heterocycles. The lowest BCUT2D eigenvalue weighted by Crippen LogP contribution is -2.65. The lowest BCUT2D eigenvalue weighted by molar-refractivity contribution is -0.410. The van der Waals surface area contributed by atoms with Gasteiger partial charge in [0.2, 0.25) is 0 Å². The van der Waals surface area contributed by atoms with E-state index in [2.05, 4.69) is 18.0 Å². The standard InChI is InChI=1S/C12H22N2O4/c1-9(2)11(15)17-7-8-18-12(16)10(14)5-3-4-6-13/h10H,1,3-8,13-14H2,2H3/p+2. The Morgan fingerprint density at radius 3 is 2.39 bits per heavy atom. The molecule has 0 heterocycles. The van der Waals surface area contributed by atoms with Gasteiger partial charge in [0.1, 0.15) is 13.2 Å². The van der Waals surface area contributed by atoms with Gasteiger partial charge in [-0.3, -0.25) is 0 Å². The predicted molar refractivity (Wildman–Crippen MR) is 65.0 cm³/mol. The fourth-order valence-electron chi connectivity index (χ4n) is 1.20. The van der Waals surface area contributed by atoms with E-state index in [1.807, 2.05) is 0 Å². The molecule has 0 rings (SSSR count). The summed E-state index contributed by atoms with van der Waals surface area (Å²) in [5, 5.41) is 0. The van der Waals surface area contributed by atoms with E-state index in [4.69, 9.17) is 9.47 Å². The molecule has 0 aromatic heterocycles. The second-order valence-corrected chi connectivity index (χ2v) is 4.13. The van der Waals surface area contributed by atoms with Gasteiger partial charge in [-0.25, -0.2) is 9.59 Å². The Kier molecular flexibility index (Phi) is 8.86. The Bertz CT molecular complexity index is 292. The molecule has 18 heavy (non-hydrogen) atoms. The second-order valence-electron chi connectivity index (χ2n) is 4.13. The van der Waals surface area contributed by atoms with Crippen LogP contribution in [0.15, 0.2) is 12.2 Å². The number of carbonyl (C=O) groups excluding carboxylic acids is 2. The Morgan fingerprint density at radius 2 is 1.83 bits per heavy atom. The van der Waals surface area contributed by atoms with Crippen LogP contribution in [0.2, 0.25) is 0 Å². The molecule has 6 nitrogen and oxygen atoms in total. The smallest absolute Gasteiger partial charge is 0.364 e. The molecular weight excluding hydrogens is 236 g/mol. The van der Waals surface area contributed by atoms with Crippen molar-refractivity contribution in [1.29, 1.82) is 0 Å². The summed E-state index contributed by atoms with van der Waals surface area (Å²) in [6.45, 7) is 5.96. The van der Waals surface area contributed by atoms with Crippen LogP contribution in [0, 0.1) is 0 Å². The SMILES string of the molecule is C=C(C)C(=O)OCCOC(=O)C([NH3+])CCCC[NH3+]. The first-order valence-corrected chi connectivity index (χ1v) is 6.10. The minimum absolute atomic E-state index is 0.0447. The highest BCUT2D eigenvalue weighted by Gasteiger charge is 2.18. The van der Waals surface area contributed by atoms with Crippen LogP contribution in [0.25, 0.3) is 0 Å². The fourth-order valence-corrected chi connectivity index (χ4v) is 1.20. The lowest BCUT2D eigenvalue weighted by atomic mass is 10.1. The Hall–Kier alpha value is -1.40. The number of unbranched alkanes of at least 4 members (excludes halogenated alkanes) is 1. The lowest BCUT2D eigenvalue weighted by Gasteiger charge is -2.09. The molecule has 0 fully saturated rings. The molecular formula is C12H24N2O4+2. The number of hydrogen-bond acceptors (Lipinski definition) is 4. The van der Waals surface area contributed by atoms with Crippen molar-refractivity contribution in [2.24, 2.45) is 0 Å². The Labute approximate surface area is 107 Å². The van der Waals surface area contributed by atoms with Crippen molar-refractivity contribution in [3.8, 4) is 0 Å². The minimum atomic E-state index is -0.479. The molecule has 0 saturated carbocycles. The van der Waals surface area contributed by atoms with Gasteiger partial charge in [-0.15, -0.1) is 0 Å². The second kappa shape index (κ2) is 9.61. The van der Waals surface area contributed by atoms with E-state index in [1.54, 1.807) is 6.92 Å². The normalized spacial score (nSPS) is 11.7. The Morgan fingerprint density at radius 1 is 1.22 bits per heavy atom. The number of hydrogen-bond donors (Lipinski definition) is 2. The number of rotatable bonds is 9. The third-order valence-electron chi connectivity index (χ3n) is 2.30. The van der Waals surface area contributed by atoms with Gasteiger partial charge >= 0.3 is 11.9 Å². The topological polar surface area (TPSA) is 108 Å². The molecule has 0 aliphatic carbocycles.